The Morgan fingerprint density at radius 1 is 0.732 bits per heavy atom. The number of aliphatic hydroxyl groups is 1. The third-order valence-corrected chi connectivity index (χ3v) is 7.09. The van der Waals surface area contributed by atoms with E-state index < -0.39 is 18.8 Å². The number of carbonyl (C=O) groups excluding carboxylic acids is 4. The van der Waals surface area contributed by atoms with Crippen LogP contribution in [0.4, 0.5) is 0 Å². The molecule has 0 amide bonds. The van der Waals surface area contributed by atoms with Crippen LogP contribution in [-0.4, -0.2) is 81.8 Å². The molecule has 240 valence electrons. The number of hydrogen-bond acceptors (Lipinski definition) is 11. The normalized spacial score (nSPS) is 18.1. The lowest BCUT2D eigenvalue weighted by Gasteiger charge is -2.28. The summed E-state index contributed by atoms with van der Waals surface area (Å²) >= 11 is 0. The van der Waals surface area contributed by atoms with Crippen molar-refractivity contribution in [3.8, 4) is 0 Å². The lowest BCUT2D eigenvalue weighted by molar-refractivity contribution is -0.155. The van der Waals surface area contributed by atoms with Gasteiger partial charge in [-0.25, -0.2) is 0 Å². The van der Waals surface area contributed by atoms with Gasteiger partial charge in [-0.15, -0.1) is 0 Å². The van der Waals surface area contributed by atoms with Crippen molar-refractivity contribution in [3.63, 3.8) is 0 Å². The van der Waals surface area contributed by atoms with E-state index in [0.29, 0.717) is 50.3 Å². The van der Waals surface area contributed by atoms with Crippen LogP contribution in [0.1, 0.15) is 92.4 Å². The summed E-state index contributed by atoms with van der Waals surface area (Å²) in [5.74, 6) is 0.739. The number of methoxy groups -OCH3 is 2. The Morgan fingerprint density at radius 3 is 1.51 bits per heavy atom. The fourth-order valence-electron chi connectivity index (χ4n) is 4.64. The second kappa shape index (κ2) is 23.3. The van der Waals surface area contributed by atoms with Crippen molar-refractivity contribution in [2.24, 2.45) is 23.7 Å². The van der Waals surface area contributed by atoms with Crippen LogP contribution in [0.3, 0.4) is 0 Å². The molecule has 0 heterocycles. The van der Waals surface area contributed by atoms with Crippen molar-refractivity contribution < 1.29 is 43.2 Å². The van der Waals surface area contributed by atoms with Crippen LogP contribution in [0.5, 0.6) is 0 Å². The lowest BCUT2D eigenvalue weighted by atomic mass is 9.81. The van der Waals surface area contributed by atoms with Gasteiger partial charge < -0.3 is 34.7 Å². The molecule has 0 aromatic rings. The second-order valence-corrected chi connectivity index (χ2v) is 11.4. The van der Waals surface area contributed by atoms with Crippen molar-refractivity contribution in [1.29, 1.82) is 0 Å². The number of carbonyl (C=O) groups is 4. The summed E-state index contributed by atoms with van der Waals surface area (Å²) in [6.07, 6.45) is 7.84. The van der Waals surface area contributed by atoms with E-state index in [0.717, 1.165) is 18.8 Å². The predicted octanol–water partition coefficient (Wildman–Crippen LogP) is 3.36. The monoisotopic (exact) mass is 588 g/mol. The van der Waals surface area contributed by atoms with Crippen LogP contribution in [0.2, 0.25) is 0 Å². The molecular weight excluding hydrogens is 532 g/mol. The van der Waals surface area contributed by atoms with Crippen molar-refractivity contribution in [1.82, 2.24) is 10.6 Å². The molecular formula is C30H56N2O9. The van der Waals surface area contributed by atoms with E-state index >= 15 is 0 Å². The minimum absolute atomic E-state index is 0.189. The van der Waals surface area contributed by atoms with Gasteiger partial charge in [0.1, 0.15) is 12.1 Å². The largest absolute Gasteiger partial charge is 0.469 e. The highest BCUT2D eigenvalue weighted by Gasteiger charge is 2.25. The molecule has 1 aliphatic carbocycles. The summed E-state index contributed by atoms with van der Waals surface area (Å²) < 4.78 is 19.2. The predicted molar refractivity (Wildman–Crippen MR) is 156 cm³/mol. The number of nitrogens with one attached hydrogen (secondary N) is 2. The molecule has 11 heteroatoms. The third-order valence-electron chi connectivity index (χ3n) is 7.09. The zero-order chi connectivity index (χ0) is 31.2. The Labute approximate surface area is 246 Å². The van der Waals surface area contributed by atoms with Gasteiger partial charge in [-0.3, -0.25) is 19.2 Å². The molecule has 41 heavy (non-hydrogen) atoms. The van der Waals surface area contributed by atoms with Crippen molar-refractivity contribution in [2.75, 3.05) is 40.7 Å². The van der Waals surface area contributed by atoms with Crippen LogP contribution in [0, 0.1) is 23.7 Å². The van der Waals surface area contributed by atoms with Crippen LogP contribution < -0.4 is 10.6 Å². The summed E-state index contributed by atoms with van der Waals surface area (Å²) in [6.45, 7) is 11.0. The summed E-state index contributed by atoms with van der Waals surface area (Å²) in [7, 11) is 2.68. The highest BCUT2D eigenvalue weighted by molar-refractivity contribution is 5.76. The zero-order valence-electron chi connectivity index (χ0n) is 26.4. The minimum Gasteiger partial charge on any atom is -0.469 e. The first kappa shape index (κ1) is 38.8. The van der Waals surface area contributed by atoms with E-state index in [2.05, 4.69) is 45.6 Å². The average Bonchev–Trinajstić information content (AvgIpc) is 2.94. The molecule has 1 fully saturated rings. The summed E-state index contributed by atoms with van der Waals surface area (Å²) in [4.78, 5) is 45.9. The topological polar surface area (TPSA) is 149 Å². The summed E-state index contributed by atoms with van der Waals surface area (Å²) in [5, 5.41) is 14.6. The van der Waals surface area contributed by atoms with Crippen LogP contribution in [0.15, 0.2) is 0 Å². The van der Waals surface area contributed by atoms with Crippen LogP contribution >= 0.6 is 0 Å². The number of aliphatic hydroxyl groups excluding tert-OH is 1. The number of rotatable bonds is 18. The molecule has 1 saturated carbocycles. The fraction of sp³-hybridized carbons (Fsp3) is 0.867. The van der Waals surface area contributed by atoms with E-state index in [1.54, 1.807) is 0 Å². The van der Waals surface area contributed by atoms with Gasteiger partial charge in [-0.1, -0.05) is 53.9 Å². The Balaban J connectivity index is 0.000000831. The molecule has 11 nitrogen and oxygen atoms in total. The maximum atomic E-state index is 12.4. The van der Waals surface area contributed by atoms with Crippen LogP contribution in [-0.2, 0) is 38.1 Å². The molecule has 1 rings (SSSR count). The van der Waals surface area contributed by atoms with Gasteiger partial charge in [0.15, 0.2) is 6.79 Å². The Hall–Kier alpha value is -2.24. The van der Waals surface area contributed by atoms with Gasteiger partial charge in [0.25, 0.3) is 0 Å². The van der Waals surface area contributed by atoms with Gasteiger partial charge in [-0.2, -0.15) is 0 Å². The quantitative estimate of drug-likeness (QED) is 0.123. The first-order valence-corrected chi connectivity index (χ1v) is 15.0. The maximum Gasteiger partial charge on any atom is 0.325 e. The molecule has 0 bridgehead atoms. The fourth-order valence-corrected chi connectivity index (χ4v) is 4.64. The Kier molecular flexibility index (Phi) is 22.1. The maximum absolute atomic E-state index is 12.4. The van der Waals surface area contributed by atoms with Gasteiger partial charge in [0.05, 0.1) is 33.7 Å². The number of esters is 4. The smallest absolute Gasteiger partial charge is 0.325 e. The van der Waals surface area contributed by atoms with Gasteiger partial charge in [0.2, 0.25) is 0 Å². The number of ether oxygens (including phenoxy) is 4. The zero-order valence-corrected chi connectivity index (χ0v) is 26.4. The standard InChI is InChI=1S/C19H35NO4.C11H21NO5/c1-5-15-6-8-16(9-7-15)13-24-19(22)17(12-14(2)3)20-11-10-18(21)23-4;1-8(2)6-9(11(15)17-7-13)12-5-4-10(14)16-3/h14-17,20H,5-13H2,1-4H3;8-9,12-13H,4-7H2,1-3H3. The molecule has 0 aromatic heterocycles. The van der Waals surface area contributed by atoms with Crippen molar-refractivity contribution in [3.05, 3.63) is 0 Å². The summed E-state index contributed by atoms with van der Waals surface area (Å²) in [5.41, 5.74) is 0. The van der Waals surface area contributed by atoms with E-state index in [-0.39, 0.29) is 36.8 Å². The molecule has 0 radical (unpaired) electrons. The van der Waals surface area contributed by atoms with Gasteiger partial charge in [-0.05, 0) is 49.4 Å². The van der Waals surface area contributed by atoms with E-state index in [4.69, 9.17) is 9.84 Å². The Bertz CT molecular complexity index is 737. The minimum atomic E-state index is -0.633. The highest BCUT2D eigenvalue weighted by Crippen LogP contribution is 2.30. The highest BCUT2D eigenvalue weighted by atomic mass is 16.6. The Morgan fingerprint density at radius 2 is 1.15 bits per heavy atom. The third kappa shape index (κ3) is 19.5. The molecule has 0 spiro atoms. The molecule has 2 unspecified atom stereocenters. The van der Waals surface area contributed by atoms with E-state index in [9.17, 15) is 19.2 Å². The van der Waals surface area contributed by atoms with Crippen molar-refractivity contribution in [2.45, 2.75) is 104 Å². The average molecular weight is 589 g/mol. The molecule has 2 atom stereocenters. The molecule has 3 N–H and O–H groups in total. The molecule has 1 aliphatic rings. The SMILES string of the molecule is CCC1CCC(COC(=O)C(CC(C)C)NCCC(=O)OC)CC1.COC(=O)CCNC(CC(C)C)C(=O)OCO. The van der Waals surface area contributed by atoms with Crippen molar-refractivity contribution >= 4 is 23.9 Å². The van der Waals surface area contributed by atoms with Gasteiger partial charge >= 0.3 is 23.9 Å². The lowest BCUT2D eigenvalue weighted by Crippen LogP contribution is -2.41. The van der Waals surface area contributed by atoms with Crippen LogP contribution in [0.25, 0.3) is 0 Å². The molecule has 0 saturated heterocycles. The first-order valence-electron chi connectivity index (χ1n) is 15.0. The molecule has 0 aliphatic heterocycles. The molecule has 0 aromatic carbocycles. The van der Waals surface area contributed by atoms with Gasteiger partial charge in [0, 0.05) is 13.1 Å². The van der Waals surface area contributed by atoms with E-state index in [1.807, 2.05) is 13.8 Å². The van der Waals surface area contributed by atoms with E-state index in [1.165, 1.54) is 33.5 Å². The summed E-state index contributed by atoms with van der Waals surface area (Å²) in [6, 6.07) is -0.853. The second-order valence-electron chi connectivity index (χ2n) is 11.4. The first-order chi connectivity index (χ1) is 19.5. The number of hydrogen-bond donors (Lipinski definition) is 3.